The molecule has 100 valence electrons. The summed E-state index contributed by atoms with van der Waals surface area (Å²) in [6.07, 6.45) is 1.35. The third-order valence-electron chi connectivity index (χ3n) is 2.41. The van der Waals surface area contributed by atoms with Crippen LogP contribution in [0, 0.1) is 17.5 Å². The zero-order valence-corrected chi connectivity index (χ0v) is 10.1. The third-order valence-corrected chi connectivity index (χ3v) is 2.41. The van der Waals surface area contributed by atoms with Crippen LogP contribution in [0.2, 0.25) is 0 Å². The molecule has 0 saturated carbocycles. The summed E-state index contributed by atoms with van der Waals surface area (Å²) < 4.78 is 39.2. The Kier molecular flexibility index (Phi) is 3.64. The Morgan fingerprint density at radius 1 is 1.05 bits per heavy atom. The van der Waals surface area contributed by atoms with Crippen LogP contribution in [-0.4, -0.2) is 15.0 Å². The van der Waals surface area contributed by atoms with Crippen molar-refractivity contribution in [1.82, 2.24) is 15.0 Å². The van der Waals surface area contributed by atoms with Gasteiger partial charge in [-0.3, -0.25) is 0 Å². The highest BCUT2D eigenvalue weighted by Crippen LogP contribution is 2.21. The van der Waals surface area contributed by atoms with Gasteiger partial charge >= 0.3 is 0 Å². The maximum Gasteiger partial charge on any atom is 0.223 e. The Morgan fingerprint density at radius 2 is 1.68 bits per heavy atom. The van der Waals surface area contributed by atoms with Crippen LogP contribution in [0.5, 0.6) is 0 Å². The maximum absolute atomic E-state index is 13.2. The van der Waals surface area contributed by atoms with E-state index in [-0.39, 0.29) is 17.3 Å². The summed E-state index contributed by atoms with van der Waals surface area (Å²) in [4.78, 5) is 11.8. The second kappa shape index (κ2) is 5.21. The van der Waals surface area contributed by atoms with Crippen LogP contribution in [-0.2, 0) is 6.42 Å². The molecular formula is C12H11F3N4. The van der Waals surface area contributed by atoms with E-state index < -0.39 is 17.5 Å². The number of anilines is 1. The minimum atomic E-state index is -1.53. The fourth-order valence-corrected chi connectivity index (χ4v) is 1.59. The molecule has 0 saturated heterocycles. The van der Waals surface area contributed by atoms with Crippen molar-refractivity contribution in [3.8, 4) is 11.4 Å². The van der Waals surface area contributed by atoms with E-state index in [1.165, 1.54) is 0 Å². The molecule has 0 spiro atoms. The van der Waals surface area contributed by atoms with Gasteiger partial charge in [-0.2, -0.15) is 9.97 Å². The zero-order valence-electron chi connectivity index (χ0n) is 10.1. The lowest BCUT2D eigenvalue weighted by Crippen LogP contribution is -2.05. The second-order valence-corrected chi connectivity index (χ2v) is 3.94. The Balaban J connectivity index is 2.52. The molecule has 0 radical (unpaired) electrons. The summed E-state index contributed by atoms with van der Waals surface area (Å²) in [5.41, 5.74) is 5.53. The van der Waals surface area contributed by atoms with Crippen molar-refractivity contribution < 1.29 is 13.2 Å². The molecule has 2 N–H and O–H groups in total. The van der Waals surface area contributed by atoms with Crippen LogP contribution in [0.25, 0.3) is 11.4 Å². The van der Waals surface area contributed by atoms with Crippen molar-refractivity contribution in [2.24, 2.45) is 0 Å². The highest BCUT2D eigenvalue weighted by Gasteiger charge is 2.14. The lowest BCUT2D eigenvalue weighted by molar-refractivity contribution is 0.447. The molecule has 1 aromatic heterocycles. The normalized spacial score (nSPS) is 10.7. The Hall–Kier alpha value is -2.18. The van der Waals surface area contributed by atoms with E-state index in [1.807, 2.05) is 6.92 Å². The summed E-state index contributed by atoms with van der Waals surface area (Å²) >= 11 is 0. The molecule has 0 unspecified atom stereocenters. The van der Waals surface area contributed by atoms with Gasteiger partial charge in [-0.15, -0.1) is 0 Å². The predicted octanol–water partition coefficient (Wildman–Crippen LogP) is 2.49. The lowest BCUT2D eigenvalue weighted by atomic mass is 10.2. The average Bonchev–Trinajstić information content (AvgIpc) is 2.35. The van der Waals surface area contributed by atoms with Crippen molar-refractivity contribution in [2.75, 3.05) is 5.73 Å². The molecule has 19 heavy (non-hydrogen) atoms. The fourth-order valence-electron chi connectivity index (χ4n) is 1.59. The van der Waals surface area contributed by atoms with Gasteiger partial charge in [0.15, 0.2) is 23.3 Å². The standard InChI is InChI=1S/C12H11F3N4/c1-2-3-9-17-11(19-12(16)18-9)6-4-7(13)10(15)8(14)5-6/h4-5H,2-3H2,1H3,(H2,16,17,18,19). The number of nitrogens with two attached hydrogens (primary N) is 1. The second-order valence-electron chi connectivity index (χ2n) is 3.94. The van der Waals surface area contributed by atoms with E-state index in [1.54, 1.807) is 0 Å². The van der Waals surface area contributed by atoms with Crippen LogP contribution < -0.4 is 5.73 Å². The van der Waals surface area contributed by atoms with Gasteiger partial charge in [-0.25, -0.2) is 18.2 Å². The molecule has 0 aliphatic carbocycles. The molecule has 1 heterocycles. The van der Waals surface area contributed by atoms with E-state index in [9.17, 15) is 13.2 Å². The number of hydrogen-bond donors (Lipinski definition) is 1. The number of rotatable bonds is 3. The molecule has 4 nitrogen and oxygen atoms in total. The minimum Gasteiger partial charge on any atom is -0.368 e. The summed E-state index contributed by atoms with van der Waals surface area (Å²) in [6, 6.07) is 1.64. The van der Waals surface area contributed by atoms with Crippen molar-refractivity contribution in [1.29, 1.82) is 0 Å². The number of nitrogens with zero attached hydrogens (tertiary/aromatic N) is 3. The van der Waals surface area contributed by atoms with E-state index in [4.69, 9.17) is 5.73 Å². The first-order valence-corrected chi connectivity index (χ1v) is 5.66. The number of aromatic nitrogens is 3. The molecular weight excluding hydrogens is 257 g/mol. The van der Waals surface area contributed by atoms with E-state index >= 15 is 0 Å². The zero-order chi connectivity index (χ0) is 14.0. The van der Waals surface area contributed by atoms with Gasteiger partial charge in [-0.1, -0.05) is 6.92 Å². The fraction of sp³-hybridized carbons (Fsp3) is 0.250. The van der Waals surface area contributed by atoms with E-state index in [2.05, 4.69) is 15.0 Å². The first kappa shape index (κ1) is 13.3. The number of hydrogen-bond acceptors (Lipinski definition) is 4. The number of nitrogen functional groups attached to an aromatic ring is 1. The Bertz CT molecular complexity index is 593. The monoisotopic (exact) mass is 268 g/mol. The smallest absolute Gasteiger partial charge is 0.223 e. The molecule has 0 aliphatic heterocycles. The van der Waals surface area contributed by atoms with Crippen LogP contribution in [0.3, 0.4) is 0 Å². The van der Waals surface area contributed by atoms with Crippen LogP contribution in [0.1, 0.15) is 19.2 Å². The highest BCUT2D eigenvalue weighted by molar-refractivity contribution is 5.56. The molecule has 2 aromatic rings. The summed E-state index contributed by atoms with van der Waals surface area (Å²) in [7, 11) is 0. The van der Waals surface area contributed by atoms with Crippen molar-refractivity contribution in [2.45, 2.75) is 19.8 Å². The molecule has 0 amide bonds. The van der Waals surface area contributed by atoms with Gasteiger partial charge in [0.2, 0.25) is 5.95 Å². The molecule has 0 bridgehead atoms. The minimum absolute atomic E-state index is 0.0165. The van der Waals surface area contributed by atoms with Gasteiger partial charge < -0.3 is 5.73 Å². The van der Waals surface area contributed by atoms with Gasteiger partial charge in [0.1, 0.15) is 5.82 Å². The topological polar surface area (TPSA) is 64.7 Å². The number of aryl methyl sites for hydroxylation is 1. The van der Waals surface area contributed by atoms with Crippen molar-refractivity contribution in [3.05, 3.63) is 35.4 Å². The van der Waals surface area contributed by atoms with E-state index in [0.29, 0.717) is 12.2 Å². The molecule has 7 heteroatoms. The van der Waals surface area contributed by atoms with Crippen molar-refractivity contribution >= 4 is 5.95 Å². The average molecular weight is 268 g/mol. The van der Waals surface area contributed by atoms with Gasteiger partial charge in [0, 0.05) is 12.0 Å². The van der Waals surface area contributed by atoms with Gasteiger partial charge in [0.05, 0.1) is 0 Å². The number of benzene rings is 1. The highest BCUT2D eigenvalue weighted by atomic mass is 19.2. The maximum atomic E-state index is 13.2. The Morgan fingerprint density at radius 3 is 2.26 bits per heavy atom. The molecule has 0 fully saturated rings. The number of halogens is 3. The van der Waals surface area contributed by atoms with Crippen molar-refractivity contribution in [3.63, 3.8) is 0 Å². The first-order valence-electron chi connectivity index (χ1n) is 5.66. The largest absolute Gasteiger partial charge is 0.368 e. The van der Waals surface area contributed by atoms with Crippen LogP contribution >= 0.6 is 0 Å². The molecule has 0 aliphatic rings. The summed E-state index contributed by atoms with van der Waals surface area (Å²) in [5.74, 6) is -3.72. The molecule has 2 rings (SSSR count). The quantitative estimate of drug-likeness (QED) is 0.868. The summed E-state index contributed by atoms with van der Waals surface area (Å²) in [5, 5.41) is 0. The lowest BCUT2D eigenvalue weighted by Gasteiger charge is -2.05. The summed E-state index contributed by atoms with van der Waals surface area (Å²) in [6.45, 7) is 1.93. The molecule has 1 aromatic carbocycles. The van der Waals surface area contributed by atoms with Crippen LogP contribution in [0.4, 0.5) is 19.1 Å². The first-order chi connectivity index (χ1) is 9.01. The molecule has 0 atom stereocenters. The third kappa shape index (κ3) is 2.81. The Labute approximate surface area is 107 Å². The van der Waals surface area contributed by atoms with Gasteiger partial charge in [-0.05, 0) is 18.6 Å². The predicted molar refractivity (Wildman–Crippen MR) is 63.5 cm³/mol. The SMILES string of the molecule is CCCc1nc(N)nc(-c2cc(F)c(F)c(F)c2)n1. The van der Waals surface area contributed by atoms with Crippen LogP contribution in [0.15, 0.2) is 12.1 Å². The van der Waals surface area contributed by atoms with E-state index in [0.717, 1.165) is 18.6 Å². The van der Waals surface area contributed by atoms with Gasteiger partial charge in [0.25, 0.3) is 0 Å².